The molecule has 4 rings (SSSR count). The van der Waals surface area contributed by atoms with Gasteiger partial charge in [0.1, 0.15) is 6.17 Å². The maximum atomic E-state index is 13.5. The number of thiol groups is 1. The summed E-state index contributed by atoms with van der Waals surface area (Å²) in [6.45, 7) is 2.18. The number of benzene rings is 3. The highest BCUT2D eigenvalue weighted by molar-refractivity contribution is 7.80. The third-order valence-corrected chi connectivity index (χ3v) is 6.30. The second-order valence-electron chi connectivity index (χ2n) is 8.07. The van der Waals surface area contributed by atoms with Crippen molar-refractivity contribution >= 4 is 35.2 Å². The van der Waals surface area contributed by atoms with Crippen molar-refractivity contribution in [1.82, 2.24) is 15.1 Å². The Kier molecular flexibility index (Phi) is 7.09. The van der Waals surface area contributed by atoms with E-state index in [0.29, 0.717) is 43.1 Å². The number of carbonyl (C=O) groups is 2. The largest absolute Gasteiger partial charge is 0.335 e. The average Bonchev–Trinajstić information content (AvgIpc) is 2.84. The number of hydrogen-bond donors (Lipinski definition) is 3. The van der Waals surface area contributed by atoms with Gasteiger partial charge in [-0.05, 0) is 29.0 Å². The molecule has 0 spiro atoms. The summed E-state index contributed by atoms with van der Waals surface area (Å²) in [6, 6.07) is 22.7. The van der Waals surface area contributed by atoms with Gasteiger partial charge in [0.25, 0.3) is 11.8 Å². The van der Waals surface area contributed by atoms with Gasteiger partial charge in [-0.25, -0.2) is 0 Å². The van der Waals surface area contributed by atoms with Crippen LogP contribution in [0.25, 0.3) is 10.8 Å². The number of piperazine rings is 1. The monoisotopic (exact) mass is 448 g/mol. The molecule has 1 fully saturated rings. The molecule has 6 nitrogen and oxygen atoms in total. The van der Waals surface area contributed by atoms with E-state index in [4.69, 9.17) is 5.73 Å². The Morgan fingerprint density at radius 3 is 2.50 bits per heavy atom. The summed E-state index contributed by atoms with van der Waals surface area (Å²) in [7, 11) is 0. The van der Waals surface area contributed by atoms with Crippen LogP contribution in [0.1, 0.15) is 20.7 Å². The van der Waals surface area contributed by atoms with Crippen LogP contribution in [-0.4, -0.2) is 65.8 Å². The SMILES string of the molecule is N[C@@H](CS)CN1CCN(C(=O)c2cccc3ccccc23)C[C@H]1NC(=O)c1ccccc1. The lowest BCUT2D eigenvalue weighted by Crippen LogP contribution is -2.63. The van der Waals surface area contributed by atoms with Gasteiger partial charge in [0.2, 0.25) is 0 Å². The van der Waals surface area contributed by atoms with E-state index in [9.17, 15) is 9.59 Å². The maximum Gasteiger partial charge on any atom is 0.254 e. The van der Waals surface area contributed by atoms with Crippen molar-refractivity contribution in [3.63, 3.8) is 0 Å². The molecule has 3 aromatic carbocycles. The van der Waals surface area contributed by atoms with Gasteiger partial charge in [0.05, 0.1) is 6.54 Å². The topological polar surface area (TPSA) is 78.7 Å². The standard InChI is InChI=1S/C25H28N4O2S/c26-20(17-32)15-28-13-14-29(16-23(28)27-24(30)19-8-2-1-3-9-19)25(31)22-12-6-10-18-7-4-5-11-21(18)22/h1-12,20,23,32H,13-17,26H2,(H,27,30)/t20-,23+/m1/s1. The quantitative estimate of drug-likeness (QED) is 0.507. The molecule has 0 saturated carbocycles. The van der Waals surface area contributed by atoms with Crippen LogP contribution in [0.3, 0.4) is 0 Å². The second-order valence-corrected chi connectivity index (χ2v) is 8.44. The highest BCUT2D eigenvalue weighted by Crippen LogP contribution is 2.21. The minimum Gasteiger partial charge on any atom is -0.335 e. The molecule has 0 unspecified atom stereocenters. The normalized spacial score (nSPS) is 17.8. The summed E-state index contributed by atoms with van der Waals surface area (Å²) < 4.78 is 0. The zero-order chi connectivity index (χ0) is 22.5. The fraction of sp³-hybridized carbons (Fsp3) is 0.280. The Balaban J connectivity index is 1.56. The lowest BCUT2D eigenvalue weighted by Gasteiger charge is -2.42. The first-order chi connectivity index (χ1) is 15.6. The summed E-state index contributed by atoms with van der Waals surface area (Å²) in [5.41, 5.74) is 7.41. The number of nitrogens with zero attached hydrogens (tertiary/aromatic N) is 2. The number of carbonyl (C=O) groups excluding carboxylic acids is 2. The van der Waals surface area contributed by atoms with Crippen LogP contribution in [0.15, 0.2) is 72.8 Å². The number of fused-ring (bicyclic) bond motifs is 1. The number of rotatable bonds is 6. The fourth-order valence-corrected chi connectivity index (χ4v) is 4.24. The summed E-state index contributed by atoms with van der Waals surface area (Å²) in [4.78, 5) is 30.3. The zero-order valence-corrected chi connectivity index (χ0v) is 18.7. The van der Waals surface area contributed by atoms with Crippen molar-refractivity contribution in [3.05, 3.63) is 83.9 Å². The molecule has 1 aliphatic rings. The van der Waals surface area contributed by atoms with Gasteiger partial charge < -0.3 is 16.0 Å². The number of nitrogens with two attached hydrogens (primary N) is 1. The molecule has 3 N–H and O–H groups in total. The molecule has 0 bridgehead atoms. The minimum absolute atomic E-state index is 0.0288. The van der Waals surface area contributed by atoms with Crippen LogP contribution in [0.4, 0.5) is 0 Å². The molecule has 7 heteroatoms. The third kappa shape index (κ3) is 4.96. The van der Waals surface area contributed by atoms with E-state index in [1.807, 2.05) is 65.6 Å². The highest BCUT2D eigenvalue weighted by atomic mass is 32.1. The fourth-order valence-electron chi connectivity index (χ4n) is 4.13. The van der Waals surface area contributed by atoms with Crippen molar-refractivity contribution in [1.29, 1.82) is 0 Å². The molecule has 1 heterocycles. The van der Waals surface area contributed by atoms with Crippen molar-refractivity contribution in [2.24, 2.45) is 5.73 Å². The molecule has 0 radical (unpaired) electrons. The van der Waals surface area contributed by atoms with E-state index in [1.54, 1.807) is 12.1 Å². The van der Waals surface area contributed by atoms with Gasteiger partial charge in [0.15, 0.2) is 0 Å². The Bertz CT molecular complexity index is 1090. The molecule has 0 aliphatic carbocycles. The van der Waals surface area contributed by atoms with Crippen LogP contribution in [0.5, 0.6) is 0 Å². The van der Waals surface area contributed by atoms with E-state index >= 15 is 0 Å². The first-order valence-corrected chi connectivity index (χ1v) is 11.4. The van der Waals surface area contributed by atoms with Crippen molar-refractivity contribution < 1.29 is 9.59 Å². The molecule has 1 saturated heterocycles. The van der Waals surface area contributed by atoms with Gasteiger partial charge in [-0.15, -0.1) is 0 Å². The number of nitrogens with one attached hydrogen (secondary N) is 1. The molecular formula is C25H28N4O2S. The van der Waals surface area contributed by atoms with Crippen LogP contribution < -0.4 is 11.1 Å². The number of hydrogen-bond acceptors (Lipinski definition) is 5. The molecule has 166 valence electrons. The molecule has 3 aromatic rings. The summed E-state index contributed by atoms with van der Waals surface area (Å²) in [5, 5.41) is 5.07. The molecular weight excluding hydrogens is 420 g/mol. The van der Waals surface area contributed by atoms with Crippen LogP contribution in [-0.2, 0) is 0 Å². The van der Waals surface area contributed by atoms with Gasteiger partial charge in [0, 0.05) is 42.6 Å². The summed E-state index contributed by atoms with van der Waals surface area (Å²) in [6.07, 6.45) is -0.332. The Morgan fingerprint density at radius 2 is 1.72 bits per heavy atom. The van der Waals surface area contributed by atoms with Crippen molar-refractivity contribution in [2.75, 3.05) is 31.9 Å². The Labute approximate surface area is 193 Å². The molecule has 1 aliphatic heterocycles. The smallest absolute Gasteiger partial charge is 0.254 e. The molecule has 32 heavy (non-hydrogen) atoms. The van der Waals surface area contributed by atoms with Crippen molar-refractivity contribution in [2.45, 2.75) is 12.2 Å². The first kappa shape index (κ1) is 22.3. The zero-order valence-electron chi connectivity index (χ0n) is 17.9. The molecule has 0 aromatic heterocycles. The number of amides is 2. The van der Waals surface area contributed by atoms with Crippen LogP contribution in [0.2, 0.25) is 0 Å². The lowest BCUT2D eigenvalue weighted by molar-refractivity contribution is 0.0368. The lowest BCUT2D eigenvalue weighted by atomic mass is 10.0. The van der Waals surface area contributed by atoms with Gasteiger partial charge in [-0.3, -0.25) is 14.5 Å². The predicted molar refractivity (Wildman–Crippen MR) is 131 cm³/mol. The second kappa shape index (κ2) is 10.2. The average molecular weight is 449 g/mol. The van der Waals surface area contributed by atoms with Gasteiger partial charge in [-0.1, -0.05) is 54.6 Å². The van der Waals surface area contributed by atoms with Gasteiger partial charge >= 0.3 is 0 Å². The third-order valence-electron chi connectivity index (χ3n) is 5.84. The van der Waals surface area contributed by atoms with Crippen LogP contribution in [0, 0.1) is 0 Å². The van der Waals surface area contributed by atoms with E-state index in [1.165, 1.54) is 0 Å². The summed E-state index contributed by atoms with van der Waals surface area (Å²) in [5.74, 6) is 0.354. The van der Waals surface area contributed by atoms with E-state index in [0.717, 1.165) is 10.8 Å². The van der Waals surface area contributed by atoms with Crippen molar-refractivity contribution in [3.8, 4) is 0 Å². The Morgan fingerprint density at radius 1 is 1.00 bits per heavy atom. The van der Waals surface area contributed by atoms with Crippen LogP contribution >= 0.6 is 12.6 Å². The highest BCUT2D eigenvalue weighted by Gasteiger charge is 2.32. The first-order valence-electron chi connectivity index (χ1n) is 10.8. The van der Waals surface area contributed by atoms with E-state index in [-0.39, 0.29) is 24.0 Å². The van der Waals surface area contributed by atoms with E-state index < -0.39 is 0 Å². The summed E-state index contributed by atoms with van der Waals surface area (Å²) >= 11 is 4.30. The molecule has 2 amide bonds. The van der Waals surface area contributed by atoms with E-state index in [2.05, 4.69) is 22.8 Å². The minimum atomic E-state index is -0.332. The Hall–Kier alpha value is -2.87. The van der Waals surface area contributed by atoms with Gasteiger partial charge in [-0.2, -0.15) is 12.6 Å². The predicted octanol–water partition coefficient (Wildman–Crippen LogP) is 2.61. The molecule has 2 atom stereocenters. The maximum absolute atomic E-state index is 13.5.